The summed E-state index contributed by atoms with van der Waals surface area (Å²) in [5, 5.41) is 9.01. The van der Waals surface area contributed by atoms with E-state index in [2.05, 4.69) is 4.74 Å². The third kappa shape index (κ3) is 9.13. The molecule has 5 nitrogen and oxygen atoms in total. The van der Waals surface area contributed by atoms with Gasteiger partial charge in [0.1, 0.15) is 5.75 Å². The van der Waals surface area contributed by atoms with Crippen molar-refractivity contribution in [3.63, 3.8) is 0 Å². The van der Waals surface area contributed by atoms with Crippen molar-refractivity contribution in [1.29, 1.82) is 0 Å². The van der Waals surface area contributed by atoms with Crippen molar-refractivity contribution in [2.24, 2.45) is 0 Å². The van der Waals surface area contributed by atoms with Crippen LogP contribution < -0.4 is 4.74 Å². The zero-order valence-corrected chi connectivity index (χ0v) is 20.0. The van der Waals surface area contributed by atoms with Crippen LogP contribution in [-0.4, -0.2) is 30.0 Å². The topological polar surface area (TPSA) is 72.8 Å². The zero-order valence-electron chi connectivity index (χ0n) is 20.0. The van der Waals surface area contributed by atoms with E-state index in [4.69, 9.17) is 9.84 Å². The quantitative estimate of drug-likeness (QED) is 0.365. The predicted molar refractivity (Wildman–Crippen MR) is 125 cm³/mol. The van der Waals surface area contributed by atoms with Crippen LogP contribution in [0.25, 0.3) is 11.1 Å². The minimum Gasteiger partial charge on any atom is -0.478 e. The lowest BCUT2D eigenvalue weighted by molar-refractivity contribution is -0.274. The van der Waals surface area contributed by atoms with E-state index in [0.29, 0.717) is 22.3 Å². The van der Waals surface area contributed by atoms with Gasteiger partial charge in [0, 0.05) is 0 Å². The van der Waals surface area contributed by atoms with Crippen LogP contribution in [0.2, 0.25) is 0 Å². The summed E-state index contributed by atoms with van der Waals surface area (Å²) >= 11 is 0. The first-order chi connectivity index (χ1) is 15.8. The van der Waals surface area contributed by atoms with Crippen molar-refractivity contribution >= 4 is 23.1 Å². The number of aryl methyl sites for hydroxylation is 1. The van der Waals surface area contributed by atoms with Crippen molar-refractivity contribution in [2.45, 2.75) is 47.9 Å². The minimum atomic E-state index is -4.73. The van der Waals surface area contributed by atoms with E-state index in [0.717, 1.165) is 28.8 Å². The van der Waals surface area contributed by atoms with E-state index >= 15 is 0 Å². The van der Waals surface area contributed by atoms with Gasteiger partial charge in [-0.15, -0.1) is 13.2 Å². The number of benzene rings is 2. The monoisotopic (exact) mass is 478 g/mol. The number of carbonyl (C=O) groups excluding carboxylic acids is 1. The molecular formula is C26H29F3O5. The molecule has 0 aliphatic carbocycles. The molecule has 0 radical (unpaired) electrons. The molecule has 0 amide bonds. The summed E-state index contributed by atoms with van der Waals surface area (Å²) in [7, 11) is 0. The van der Waals surface area contributed by atoms with Crippen LogP contribution in [0.1, 0.15) is 51.3 Å². The Labute approximate surface area is 197 Å². The van der Waals surface area contributed by atoms with Gasteiger partial charge in [0.25, 0.3) is 0 Å². The van der Waals surface area contributed by atoms with Crippen LogP contribution in [0.5, 0.6) is 5.75 Å². The molecule has 34 heavy (non-hydrogen) atoms. The highest BCUT2D eigenvalue weighted by molar-refractivity contribution is 6.17. The molecule has 0 heterocycles. The van der Waals surface area contributed by atoms with Crippen molar-refractivity contribution in [1.82, 2.24) is 0 Å². The van der Waals surface area contributed by atoms with Gasteiger partial charge in [-0.1, -0.05) is 53.1 Å². The molecule has 1 N–H and O–H groups in total. The lowest BCUT2D eigenvalue weighted by atomic mass is 10.0. The van der Waals surface area contributed by atoms with E-state index in [1.165, 1.54) is 12.1 Å². The summed E-state index contributed by atoms with van der Waals surface area (Å²) in [6, 6.07) is 12.6. The summed E-state index contributed by atoms with van der Waals surface area (Å²) in [5.74, 6) is -1.70. The lowest BCUT2D eigenvalue weighted by Gasteiger charge is -2.12. The average molecular weight is 479 g/mol. The molecule has 0 fully saturated rings. The van der Waals surface area contributed by atoms with E-state index < -0.39 is 18.3 Å². The molecule has 0 bridgehead atoms. The van der Waals surface area contributed by atoms with E-state index in [-0.39, 0.29) is 12.4 Å². The molecule has 184 valence electrons. The van der Waals surface area contributed by atoms with Gasteiger partial charge in [-0.2, -0.15) is 0 Å². The molecule has 0 saturated carbocycles. The molecule has 0 atom stereocenters. The maximum atomic E-state index is 12.1. The Kier molecular flexibility index (Phi) is 10.6. The number of carboxylic acid groups (broad SMARTS) is 1. The highest BCUT2D eigenvalue weighted by Gasteiger charge is 2.31. The van der Waals surface area contributed by atoms with Crippen molar-refractivity contribution in [3.05, 3.63) is 76.4 Å². The van der Waals surface area contributed by atoms with Gasteiger partial charge >= 0.3 is 18.3 Å². The first kappa shape index (κ1) is 28.5. The van der Waals surface area contributed by atoms with E-state index in [9.17, 15) is 22.8 Å². The van der Waals surface area contributed by atoms with Crippen molar-refractivity contribution < 1.29 is 37.3 Å². The fourth-order valence-corrected chi connectivity index (χ4v) is 2.98. The number of hydrogen-bond donors (Lipinski definition) is 1. The number of carbonyl (C=O) groups is 2. The molecule has 2 aromatic carbocycles. The molecule has 0 saturated heterocycles. The molecular weight excluding hydrogens is 449 g/mol. The summed E-state index contributed by atoms with van der Waals surface area (Å²) in [4.78, 5) is 22.8. The first-order valence-corrected chi connectivity index (χ1v) is 10.4. The Morgan fingerprint density at radius 3 is 1.65 bits per heavy atom. The number of halogens is 3. The molecule has 0 unspecified atom stereocenters. The SMILES string of the molecule is CC(C)=C(C(=O)O)c1ccc(C)cc1.CCOC(=O)C(=C(C)C)c1ccc(OC(F)(F)F)cc1. The number of carboxylic acids is 1. The molecule has 8 heteroatoms. The highest BCUT2D eigenvalue weighted by atomic mass is 19.4. The predicted octanol–water partition coefficient (Wildman–Crippen LogP) is 6.81. The standard InChI is InChI=1S/C14H15F3O3.C12H14O2/c1-4-19-13(18)12(9(2)3)10-5-7-11(8-6-10)20-14(15,16)17;1-8(2)11(12(13)14)10-6-4-9(3)5-7-10/h5-8H,4H2,1-3H3;4-7H,1-3H3,(H,13,14). The number of ether oxygens (including phenoxy) is 2. The van der Waals surface area contributed by atoms with Gasteiger partial charge < -0.3 is 14.6 Å². The van der Waals surface area contributed by atoms with Crippen LogP contribution in [0.15, 0.2) is 59.7 Å². The van der Waals surface area contributed by atoms with Crippen LogP contribution in [-0.2, 0) is 14.3 Å². The highest BCUT2D eigenvalue weighted by Crippen LogP contribution is 2.26. The second-order valence-corrected chi connectivity index (χ2v) is 7.71. The third-order valence-corrected chi connectivity index (χ3v) is 4.41. The summed E-state index contributed by atoms with van der Waals surface area (Å²) in [5.41, 5.74) is 4.65. The van der Waals surface area contributed by atoms with Crippen LogP contribution in [0, 0.1) is 6.92 Å². The third-order valence-electron chi connectivity index (χ3n) is 4.41. The Hall–Kier alpha value is -3.55. The Morgan fingerprint density at radius 1 is 0.824 bits per heavy atom. The molecule has 2 rings (SSSR count). The van der Waals surface area contributed by atoms with Crippen LogP contribution >= 0.6 is 0 Å². The first-order valence-electron chi connectivity index (χ1n) is 10.4. The second kappa shape index (κ2) is 12.6. The van der Waals surface area contributed by atoms with Crippen molar-refractivity contribution in [3.8, 4) is 5.75 Å². The normalized spacial score (nSPS) is 10.4. The fourth-order valence-electron chi connectivity index (χ4n) is 2.98. The molecule has 2 aromatic rings. The lowest BCUT2D eigenvalue weighted by Crippen LogP contribution is -2.17. The van der Waals surface area contributed by atoms with Gasteiger partial charge in [-0.3, -0.25) is 0 Å². The summed E-state index contributed by atoms with van der Waals surface area (Å²) in [6.45, 7) is 11.0. The number of esters is 1. The smallest absolute Gasteiger partial charge is 0.478 e. The van der Waals surface area contributed by atoms with Gasteiger partial charge in [0.15, 0.2) is 0 Å². The van der Waals surface area contributed by atoms with Crippen LogP contribution in [0.3, 0.4) is 0 Å². The van der Waals surface area contributed by atoms with Gasteiger partial charge in [-0.25, -0.2) is 9.59 Å². The summed E-state index contributed by atoms with van der Waals surface area (Å²) < 4.78 is 44.9. The largest absolute Gasteiger partial charge is 0.573 e. The maximum absolute atomic E-state index is 12.1. The molecule has 0 spiro atoms. The minimum absolute atomic E-state index is 0.227. The van der Waals surface area contributed by atoms with Gasteiger partial charge in [0.2, 0.25) is 0 Å². The fraction of sp³-hybridized carbons (Fsp3) is 0.308. The molecule has 0 aromatic heterocycles. The molecule has 0 aliphatic heterocycles. The average Bonchev–Trinajstić information content (AvgIpc) is 2.70. The van der Waals surface area contributed by atoms with Gasteiger partial charge in [0.05, 0.1) is 17.8 Å². The number of alkyl halides is 3. The maximum Gasteiger partial charge on any atom is 0.573 e. The Morgan fingerprint density at radius 2 is 1.26 bits per heavy atom. The van der Waals surface area contributed by atoms with E-state index in [1.807, 2.05) is 45.0 Å². The summed E-state index contributed by atoms with van der Waals surface area (Å²) in [6.07, 6.45) is -4.73. The van der Waals surface area contributed by atoms with Crippen molar-refractivity contribution in [2.75, 3.05) is 6.61 Å². The second-order valence-electron chi connectivity index (χ2n) is 7.71. The number of aliphatic carboxylic acids is 1. The van der Waals surface area contributed by atoms with Crippen LogP contribution in [0.4, 0.5) is 13.2 Å². The zero-order chi connectivity index (χ0) is 26.1. The van der Waals surface area contributed by atoms with E-state index in [1.54, 1.807) is 20.8 Å². The number of hydrogen-bond acceptors (Lipinski definition) is 4. The number of allylic oxidation sites excluding steroid dienone is 2. The Bertz CT molecular complexity index is 1040. The Balaban J connectivity index is 0.000000362. The number of rotatable bonds is 6. The van der Waals surface area contributed by atoms with Gasteiger partial charge in [-0.05, 0) is 64.8 Å². The molecule has 0 aliphatic rings.